The van der Waals surface area contributed by atoms with E-state index in [2.05, 4.69) is 4.99 Å². The second-order valence-electron chi connectivity index (χ2n) is 4.61. The third-order valence-corrected chi connectivity index (χ3v) is 4.17. The van der Waals surface area contributed by atoms with Crippen LogP contribution in [-0.2, 0) is 16.5 Å². The normalized spacial score (nSPS) is 17.1. The van der Waals surface area contributed by atoms with Gasteiger partial charge in [-0.05, 0) is 31.0 Å². The maximum atomic E-state index is 11.4. The second kappa shape index (κ2) is 4.88. The summed E-state index contributed by atoms with van der Waals surface area (Å²) in [6, 6.07) is 7.99. The molecule has 1 aliphatic carbocycles. The number of furan rings is 1. The van der Waals surface area contributed by atoms with Crippen molar-refractivity contribution in [1.29, 1.82) is 0 Å². The average molecular weight is 291 g/mol. The van der Waals surface area contributed by atoms with Gasteiger partial charge >= 0.3 is 0 Å². The van der Waals surface area contributed by atoms with Crippen molar-refractivity contribution in [1.82, 2.24) is 0 Å². The highest BCUT2D eigenvalue weighted by Crippen LogP contribution is 2.28. The lowest BCUT2D eigenvalue weighted by Crippen LogP contribution is -2.09. The highest BCUT2D eigenvalue weighted by molar-refractivity contribution is 7.86. The summed E-state index contributed by atoms with van der Waals surface area (Å²) in [5, 5.41) is 0. The van der Waals surface area contributed by atoms with Gasteiger partial charge in [0.05, 0.1) is 17.7 Å². The van der Waals surface area contributed by atoms with Crippen LogP contribution < -0.4 is 0 Å². The van der Waals surface area contributed by atoms with Gasteiger partial charge in [0.15, 0.2) is 0 Å². The zero-order valence-electron chi connectivity index (χ0n) is 10.6. The summed E-state index contributed by atoms with van der Waals surface area (Å²) in [4.78, 5) is 4.24. The van der Waals surface area contributed by atoms with E-state index < -0.39 is 10.1 Å². The number of hydrogen-bond donors (Lipinski definition) is 1. The van der Waals surface area contributed by atoms with Gasteiger partial charge in [-0.25, -0.2) is 0 Å². The molecule has 2 aromatic rings. The Morgan fingerprint density at radius 2 is 1.95 bits per heavy atom. The minimum absolute atomic E-state index is 0.178. The van der Waals surface area contributed by atoms with Crippen molar-refractivity contribution in [2.24, 2.45) is 4.99 Å². The van der Waals surface area contributed by atoms with E-state index in [4.69, 9.17) is 4.42 Å². The van der Waals surface area contributed by atoms with Gasteiger partial charge in [0.25, 0.3) is 10.1 Å². The lowest BCUT2D eigenvalue weighted by Gasteiger charge is -2.13. The Labute approximate surface area is 116 Å². The highest BCUT2D eigenvalue weighted by Gasteiger charge is 2.20. The molecule has 1 aliphatic rings. The number of rotatable bonds is 2. The Kier molecular flexibility index (Phi) is 3.19. The quantitative estimate of drug-likeness (QED) is 0.863. The molecule has 1 N–H and O–H groups in total. The number of nitrogens with zero attached hydrogens (tertiary/aromatic N) is 1. The minimum atomic E-state index is -4.28. The number of benzene rings is 1. The lowest BCUT2D eigenvalue weighted by atomic mass is 9.96. The van der Waals surface area contributed by atoms with Crippen LogP contribution in [0.5, 0.6) is 0 Å². The molecular weight excluding hydrogens is 278 g/mol. The zero-order valence-corrected chi connectivity index (χ0v) is 11.4. The first-order chi connectivity index (χ1) is 9.55. The summed E-state index contributed by atoms with van der Waals surface area (Å²) in [6.45, 7) is 0. The molecule has 0 amide bonds. The Morgan fingerprint density at radius 1 is 1.15 bits per heavy atom. The van der Waals surface area contributed by atoms with Crippen LogP contribution in [0.3, 0.4) is 0 Å². The van der Waals surface area contributed by atoms with Gasteiger partial charge in [0.2, 0.25) is 0 Å². The molecule has 0 radical (unpaired) electrons. The van der Waals surface area contributed by atoms with E-state index in [0.717, 1.165) is 36.3 Å². The molecule has 0 spiro atoms. The van der Waals surface area contributed by atoms with Crippen LogP contribution in [0, 0.1) is 0 Å². The van der Waals surface area contributed by atoms with Crippen LogP contribution in [0.4, 0.5) is 5.69 Å². The fourth-order valence-corrected chi connectivity index (χ4v) is 3.00. The molecule has 20 heavy (non-hydrogen) atoms. The van der Waals surface area contributed by atoms with Crippen molar-refractivity contribution in [2.45, 2.75) is 24.2 Å². The van der Waals surface area contributed by atoms with Crippen LogP contribution in [0.2, 0.25) is 0 Å². The smallest absolute Gasteiger partial charge is 0.296 e. The van der Waals surface area contributed by atoms with E-state index in [9.17, 15) is 13.0 Å². The maximum absolute atomic E-state index is 11.4. The van der Waals surface area contributed by atoms with Crippen molar-refractivity contribution in [2.75, 3.05) is 0 Å². The summed E-state index contributed by atoms with van der Waals surface area (Å²) in [5.41, 5.74) is 1.96. The molecule has 104 valence electrons. The molecule has 0 unspecified atom stereocenters. The first-order valence-corrected chi connectivity index (χ1v) is 7.70. The Hall–Kier alpha value is -1.92. The Balaban J connectivity index is 2.12. The van der Waals surface area contributed by atoms with Gasteiger partial charge in [0, 0.05) is 12.0 Å². The van der Waals surface area contributed by atoms with Crippen molar-refractivity contribution in [3.63, 3.8) is 0 Å². The fraction of sp³-hybridized carbons (Fsp3) is 0.214. The number of aliphatic imine (C=N–C) groups is 1. The van der Waals surface area contributed by atoms with Crippen molar-refractivity contribution in [3.8, 4) is 0 Å². The predicted octanol–water partition coefficient (Wildman–Crippen LogP) is 2.98. The van der Waals surface area contributed by atoms with Crippen LogP contribution in [0.15, 0.2) is 50.9 Å². The summed E-state index contributed by atoms with van der Waals surface area (Å²) in [5.74, 6) is 0.874. The van der Waals surface area contributed by atoms with Gasteiger partial charge in [-0.2, -0.15) is 8.42 Å². The van der Waals surface area contributed by atoms with Gasteiger partial charge in [-0.3, -0.25) is 9.55 Å². The van der Waals surface area contributed by atoms with Crippen LogP contribution in [0.25, 0.3) is 0 Å². The topological polar surface area (TPSA) is 79.9 Å². The molecule has 1 aromatic carbocycles. The second-order valence-corrected chi connectivity index (χ2v) is 6.00. The summed E-state index contributed by atoms with van der Waals surface area (Å²) >= 11 is 0. The van der Waals surface area contributed by atoms with E-state index in [0.29, 0.717) is 0 Å². The Morgan fingerprint density at radius 3 is 2.75 bits per heavy atom. The third-order valence-electron chi connectivity index (χ3n) is 3.27. The van der Waals surface area contributed by atoms with E-state index in [-0.39, 0.29) is 10.6 Å². The summed E-state index contributed by atoms with van der Waals surface area (Å²) < 4.78 is 37.3. The third kappa shape index (κ3) is 2.39. The van der Waals surface area contributed by atoms with E-state index in [1.54, 1.807) is 24.5 Å². The standard InChI is InChI=1S/C14H13NO4S/c16-20(17,18)14-7-2-1-4-12(14)15-11-5-3-6-13-10(11)8-9-19-13/h1-2,4,7-9H,3,5-6H2,(H,16,17,18). The van der Waals surface area contributed by atoms with Crippen molar-refractivity contribution in [3.05, 3.63) is 47.9 Å². The largest absolute Gasteiger partial charge is 0.469 e. The SMILES string of the molecule is O=S(=O)(O)c1ccccc1N=C1CCCc2occc21. The molecule has 0 aliphatic heterocycles. The van der Waals surface area contributed by atoms with Crippen LogP contribution >= 0.6 is 0 Å². The number of aryl methyl sites for hydroxylation is 1. The molecule has 0 fully saturated rings. The van der Waals surface area contributed by atoms with Gasteiger partial charge in [0.1, 0.15) is 10.7 Å². The van der Waals surface area contributed by atoms with Gasteiger partial charge in [-0.1, -0.05) is 12.1 Å². The molecule has 0 saturated heterocycles. The molecule has 6 heteroatoms. The fourth-order valence-electron chi connectivity index (χ4n) is 2.37. The predicted molar refractivity (Wildman–Crippen MR) is 74.1 cm³/mol. The highest BCUT2D eigenvalue weighted by atomic mass is 32.2. The first-order valence-electron chi connectivity index (χ1n) is 6.26. The average Bonchev–Trinajstić information content (AvgIpc) is 2.87. The van der Waals surface area contributed by atoms with E-state index in [1.807, 2.05) is 6.07 Å². The van der Waals surface area contributed by atoms with Crippen LogP contribution in [-0.4, -0.2) is 18.7 Å². The number of fused-ring (bicyclic) bond motifs is 1. The number of para-hydroxylation sites is 1. The molecule has 3 rings (SSSR count). The van der Waals surface area contributed by atoms with E-state index >= 15 is 0 Å². The molecule has 1 heterocycles. The molecule has 0 atom stereocenters. The molecule has 5 nitrogen and oxygen atoms in total. The summed E-state index contributed by atoms with van der Waals surface area (Å²) in [7, 11) is -4.28. The monoisotopic (exact) mass is 291 g/mol. The van der Waals surface area contributed by atoms with Crippen LogP contribution in [0.1, 0.15) is 24.2 Å². The molecule has 0 bridgehead atoms. The van der Waals surface area contributed by atoms with Crippen molar-refractivity contribution < 1.29 is 17.4 Å². The van der Waals surface area contributed by atoms with Crippen molar-refractivity contribution >= 4 is 21.5 Å². The Bertz CT molecular complexity index is 774. The maximum Gasteiger partial charge on any atom is 0.296 e. The van der Waals surface area contributed by atoms with Gasteiger partial charge in [-0.15, -0.1) is 0 Å². The lowest BCUT2D eigenvalue weighted by molar-refractivity contribution is 0.483. The molecular formula is C14H13NO4S. The number of hydrogen-bond acceptors (Lipinski definition) is 4. The minimum Gasteiger partial charge on any atom is -0.469 e. The summed E-state index contributed by atoms with van der Waals surface area (Å²) in [6.07, 6.45) is 4.14. The van der Waals surface area contributed by atoms with Gasteiger partial charge < -0.3 is 4.42 Å². The molecule has 0 saturated carbocycles. The van der Waals surface area contributed by atoms with E-state index in [1.165, 1.54) is 6.07 Å². The molecule has 1 aromatic heterocycles. The zero-order chi connectivity index (χ0) is 14.2. The first kappa shape index (κ1) is 13.1.